The first kappa shape index (κ1) is 69.3. The van der Waals surface area contributed by atoms with Crippen LogP contribution in [0.3, 0.4) is 0 Å². The Morgan fingerprint density at radius 3 is 1.26 bits per heavy atom. The number of anilines is 1. The summed E-state index contributed by atoms with van der Waals surface area (Å²) in [6, 6.07) is 58.9. The van der Waals surface area contributed by atoms with Gasteiger partial charge in [-0.25, -0.2) is 0 Å². The average molecular weight is 1360 g/mol. The number of aliphatic hydroxyl groups excluding tert-OH is 2. The lowest BCUT2D eigenvalue weighted by Gasteiger charge is -2.34. The van der Waals surface area contributed by atoms with Crippen LogP contribution in [0, 0.1) is 34.0 Å². The molecule has 7 nitrogen and oxygen atoms in total. The Balaban J connectivity index is 1.13. The summed E-state index contributed by atoms with van der Waals surface area (Å²) in [6.07, 6.45) is 27.6. The van der Waals surface area contributed by atoms with E-state index in [1.54, 1.807) is 11.3 Å². The molecule has 1 aliphatic heterocycles. The third kappa shape index (κ3) is 13.3. The summed E-state index contributed by atoms with van der Waals surface area (Å²) in [4.78, 5) is 9.48. The van der Waals surface area contributed by atoms with Crippen LogP contribution in [0.15, 0.2) is 162 Å². The molecule has 0 spiro atoms. The molecule has 498 valence electrons. The molecule has 0 fully saturated rings. The molecule has 0 bridgehead atoms. The maximum absolute atomic E-state index is 10.7. The lowest BCUT2D eigenvalue weighted by molar-refractivity contribution is 0.0954. The molecule has 12 rings (SSSR count). The first-order valence-corrected chi connectivity index (χ1v) is 39.1. The third-order valence-corrected chi connectivity index (χ3v) is 25.7. The fraction of sp³-hybridized carbons (Fsp3) is 0.384. The molecular weight excluding hydrogens is 1270 g/mol. The van der Waals surface area contributed by atoms with Crippen LogP contribution in [0.4, 0.5) is 5.69 Å². The molecule has 2 N–H and O–H groups in total. The number of ether oxygens (including phenoxy) is 1. The van der Waals surface area contributed by atoms with Gasteiger partial charge in [-0.1, -0.05) is 220 Å². The number of nitriles is 3. The van der Waals surface area contributed by atoms with E-state index in [0.717, 1.165) is 54.7 Å². The topological polar surface area (TPSA) is 124 Å². The number of hydrogen-bond acceptors (Lipinski definition) is 11. The molecular formula is C86H92N4O3S4. The SMILES string of the molecule is CCCCCCc1ccc(C2(c3ccc(CCCCCC)cc3)c3cc(/C=C/C4=C(C#N)C(=C(C#N)C#N)OC4(C)C)sc3-c3sc4c5c(sc4c32)-c2sc(-c3ccc(N(CCO)CCO)cc3)cc2C5(c2ccc(CCCCCC)cc2)c2ccc(CCCCCC)cc2)cc1. The van der Waals surface area contributed by atoms with E-state index in [9.17, 15) is 26.0 Å². The van der Waals surface area contributed by atoms with E-state index in [-0.39, 0.29) is 30.1 Å². The van der Waals surface area contributed by atoms with Gasteiger partial charge in [-0.15, -0.1) is 45.3 Å². The Labute approximate surface area is 592 Å². The van der Waals surface area contributed by atoms with Crippen LogP contribution >= 0.6 is 45.3 Å². The van der Waals surface area contributed by atoms with Gasteiger partial charge in [-0.2, -0.15) is 15.8 Å². The fourth-order valence-electron chi connectivity index (χ4n) is 15.5. The number of fused-ring (bicyclic) bond motifs is 9. The summed E-state index contributed by atoms with van der Waals surface area (Å²) < 4.78 is 8.96. The van der Waals surface area contributed by atoms with Crippen LogP contribution in [0.25, 0.3) is 45.4 Å². The highest BCUT2D eigenvalue weighted by Gasteiger charge is 2.55. The summed E-state index contributed by atoms with van der Waals surface area (Å²) in [5.41, 5.74) is 16.2. The maximum atomic E-state index is 10.7. The van der Waals surface area contributed by atoms with Crippen LogP contribution in [0.1, 0.15) is 216 Å². The van der Waals surface area contributed by atoms with E-state index in [4.69, 9.17) is 4.74 Å². The van der Waals surface area contributed by atoms with Gasteiger partial charge in [0.1, 0.15) is 29.4 Å². The summed E-state index contributed by atoms with van der Waals surface area (Å²) in [6.45, 7) is 13.8. The van der Waals surface area contributed by atoms with E-state index in [0.29, 0.717) is 18.7 Å². The van der Waals surface area contributed by atoms with E-state index in [1.807, 2.05) is 71.0 Å². The standard InChI is InChI=1S/C86H92N4O3S4/c1-7-11-15-19-23-58-27-37-64(38-28-58)85(65-39-29-59(30-40-65)24-20-16-12-8-2)72-53-69(47-48-71-70(57-89)77(63(55-87)56-88)93-84(71,5)6)94-78(72)80-75(85)82-83(96-80)76-81(97-82)79-73(54-74(95-79)62-35-45-68(46-36-62)90(49-51-91)50-52-92)86(76,66-41-31-60(32-42-66)25-21-17-13-9-3)67-43-33-61(34-44-67)26-22-18-14-10-4/h27-48,53-54,91-92H,7-26,49-52H2,1-6H3/b48-47+. The van der Waals surface area contributed by atoms with Crippen LogP contribution in [0.2, 0.25) is 0 Å². The Kier molecular flexibility index (Phi) is 22.2. The van der Waals surface area contributed by atoms with E-state index >= 15 is 0 Å². The van der Waals surface area contributed by atoms with Crippen molar-refractivity contribution in [2.75, 3.05) is 31.2 Å². The molecule has 0 radical (unpaired) electrons. The molecule has 9 aromatic rings. The quantitative estimate of drug-likeness (QED) is 0.0318. The van der Waals surface area contributed by atoms with Gasteiger partial charge in [-0.3, -0.25) is 0 Å². The minimum Gasteiger partial charge on any atom is -0.480 e. The van der Waals surface area contributed by atoms with Crippen LogP contribution in [-0.2, 0) is 41.3 Å². The number of aryl methyl sites for hydroxylation is 4. The molecule has 0 saturated carbocycles. The summed E-state index contributed by atoms with van der Waals surface area (Å²) in [5.74, 6) is 0.0389. The van der Waals surface area contributed by atoms with Crippen molar-refractivity contribution >= 4 is 66.5 Å². The largest absolute Gasteiger partial charge is 0.480 e. The van der Waals surface area contributed by atoms with Crippen LogP contribution in [0.5, 0.6) is 0 Å². The van der Waals surface area contributed by atoms with E-state index < -0.39 is 16.4 Å². The van der Waals surface area contributed by atoms with Crippen molar-refractivity contribution in [1.29, 1.82) is 15.8 Å². The molecule has 4 aromatic heterocycles. The zero-order chi connectivity index (χ0) is 67.7. The summed E-state index contributed by atoms with van der Waals surface area (Å²) >= 11 is 7.69. The first-order valence-electron chi connectivity index (χ1n) is 35.9. The number of thiophene rings is 4. The van der Waals surface area contributed by atoms with Gasteiger partial charge in [0.25, 0.3) is 0 Å². The predicted octanol–water partition coefficient (Wildman–Crippen LogP) is 22.7. The van der Waals surface area contributed by atoms with Crippen LogP contribution < -0.4 is 4.90 Å². The molecule has 5 aromatic carbocycles. The molecule has 11 heteroatoms. The smallest absolute Gasteiger partial charge is 0.172 e. The number of benzene rings is 5. The molecule has 0 saturated heterocycles. The Morgan fingerprint density at radius 2 is 0.876 bits per heavy atom. The molecule has 2 aliphatic carbocycles. The first-order chi connectivity index (χ1) is 47.4. The van der Waals surface area contributed by atoms with Crippen molar-refractivity contribution in [3.63, 3.8) is 0 Å². The molecule has 0 amide bonds. The number of unbranched alkanes of at least 4 members (excludes halogenated alkanes) is 12. The van der Waals surface area contributed by atoms with Crippen molar-refractivity contribution in [2.45, 2.75) is 186 Å². The van der Waals surface area contributed by atoms with Gasteiger partial charge < -0.3 is 19.8 Å². The van der Waals surface area contributed by atoms with E-state index in [2.05, 4.69) is 173 Å². The van der Waals surface area contributed by atoms with Crippen molar-refractivity contribution in [2.24, 2.45) is 0 Å². The Bertz CT molecular complexity index is 4320. The monoisotopic (exact) mass is 1360 g/mol. The number of rotatable bonds is 32. The second-order valence-corrected chi connectivity index (χ2v) is 31.5. The molecule has 0 unspecified atom stereocenters. The maximum Gasteiger partial charge on any atom is 0.172 e. The number of allylic oxidation sites excluding steroid dienone is 2. The molecule has 97 heavy (non-hydrogen) atoms. The molecule has 0 atom stereocenters. The minimum absolute atomic E-state index is 0.00463. The Morgan fingerprint density at radius 1 is 0.474 bits per heavy atom. The lowest BCUT2D eigenvalue weighted by Crippen LogP contribution is -2.29. The number of hydrogen-bond donors (Lipinski definition) is 2. The second kappa shape index (κ2) is 31.1. The van der Waals surface area contributed by atoms with Crippen molar-refractivity contribution < 1.29 is 14.9 Å². The number of nitrogens with zero attached hydrogens (tertiary/aromatic N) is 4. The highest BCUT2D eigenvalue weighted by molar-refractivity contribution is 7.35. The zero-order valence-electron chi connectivity index (χ0n) is 57.6. The van der Waals surface area contributed by atoms with Crippen LogP contribution in [-0.4, -0.2) is 42.1 Å². The highest BCUT2D eigenvalue weighted by Crippen LogP contribution is 2.70. The lowest BCUT2D eigenvalue weighted by atomic mass is 9.67. The number of aliphatic hydroxyl groups is 2. The van der Waals surface area contributed by atoms with E-state index in [1.165, 1.54) is 190 Å². The van der Waals surface area contributed by atoms with Crippen molar-refractivity contribution in [3.05, 3.63) is 234 Å². The average Bonchev–Trinajstić information content (AvgIpc) is 1.49. The minimum atomic E-state index is -0.964. The highest BCUT2D eigenvalue weighted by atomic mass is 32.1. The van der Waals surface area contributed by atoms with Crippen molar-refractivity contribution in [3.8, 4) is 48.2 Å². The normalized spacial score (nSPS) is 14.5. The molecule has 5 heterocycles. The third-order valence-electron chi connectivity index (χ3n) is 20.5. The summed E-state index contributed by atoms with van der Waals surface area (Å²) in [5, 5.41) is 50.7. The summed E-state index contributed by atoms with van der Waals surface area (Å²) in [7, 11) is 0. The van der Waals surface area contributed by atoms with Gasteiger partial charge in [0.05, 0.1) is 53.0 Å². The second-order valence-electron chi connectivity index (χ2n) is 27.3. The Hall–Kier alpha value is -7.63. The molecule has 3 aliphatic rings. The fourth-order valence-corrected chi connectivity index (χ4v) is 21.2. The zero-order valence-corrected chi connectivity index (χ0v) is 60.8. The van der Waals surface area contributed by atoms with Gasteiger partial charge in [0, 0.05) is 45.2 Å². The van der Waals surface area contributed by atoms with Gasteiger partial charge in [0.15, 0.2) is 11.3 Å². The predicted molar refractivity (Wildman–Crippen MR) is 408 cm³/mol. The van der Waals surface area contributed by atoms with Gasteiger partial charge in [0.2, 0.25) is 0 Å². The van der Waals surface area contributed by atoms with Gasteiger partial charge >= 0.3 is 0 Å². The van der Waals surface area contributed by atoms with Gasteiger partial charge in [-0.05, 0) is 157 Å². The van der Waals surface area contributed by atoms with Crippen molar-refractivity contribution in [1.82, 2.24) is 0 Å².